The van der Waals surface area contributed by atoms with Gasteiger partial charge in [-0.2, -0.15) is 0 Å². The highest BCUT2D eigenvalue weighted by Gasteiger charge is 2.91. The molecule has 0 bridgehead atoms. The quantitative estimate of drug-likeness (QED) is 0.398. The van der Waals surface area contributed by atoms with Crippen LogP contribution >= 0.6 is 0 Å². The summed E-state index contributed by atoms with van der Waals surface area (Å²) in [6.07, 6.45) is 1.09. The van der Waals surface area contributed by atoms with E-state index in [1.807, 2.05) is 0 Å². The zero-order valence-electron chi connectivity index (χ0n) is 11.6. The van der Waals surface area contributed by atoms with E-state index in [-0.39, 0.29) is 41.7 Å². The Labute approximate surface area is 116 Å². The Morgan fingerprint density at radius 1 is 1.35 bits per heavy atom. The third kappa shape index (κ3) is 0.954. The summed E-state index contributed by atoms with van der Waals surface area (Å²) in [6, 6.07) is 0. The molecule has 3 heterocycles. The van der Waals surface area contributed by atoms with Crippen LogP contribution in [-0.4, -0.2) is 46.2 Å². The van der Waals surface area contributed by atoms with Crippen LogP contribution in [0.1, 0.15) is 26.7 Å². The second-order valence-corrected chi connectivity index (χ2v) is 7.35. The first-order chi connectivity index (χ1) is 9.33. The smallest absolute Gasteiger partial charge is 0.334 e. The van der Waals surface area contributed by atoms with E-state index in [0.29, 0.717) is 5.57 Å². The SMILES string of the molecule is C=C1C(=O)O[C@@H]2[C@H]1CC[C@]1(C)O[C@@]13[C@@H]1O[C@@H]1[C@](C)(O)[C@H]23. The number of epoxide rings is 2. The number of fused-ring (bicyclic) bond motifs is 3. The zero-order chi connectivity index (χ0) is 14.1. The lowest BCUT2D eigenvalue weighted by molar-refractivity contribution is -0.153. The molecule has 1 N–H and O–H groups in total. The van der Waals surface area contributed by atoms with E-state index in [2.05, 4.69) is 13.5 Å². The van der Waals surface area contributed by atoms with Crippen molar-refractivity contribution in [3.63, 3.8) is 0 Å². The lowest BCUT2D eigenvalue weighted by Gasteiger charge is -2.35. The molecule has 108 valence electrons. The van der Waals surface area contributed by atoms with Gasteiger partial charge in [0.05, 0.1) is 11.5 Å². The summed E-state index contributed by atoms with van der Waals surface area (Å²) in [5.41, 5.74) is -1.21. The molecule has 2 saturated carbocycles. The van der Waals surface area contributed by atoms with Crippen molar-refractivity contribution in [2.24, 2.45) is 11.8 Å². The standard InChI is InChI=1S/C15H18O5/c1-6-7-4-5-13(2)15(20-13)9(8(7)18-12(6)16)14(3,17)10-11(15)19-10/h7-11,17H,1,4-5H2,2-3H3/t7-,8+,9-,10-,11+,13-,14+,15-/m0/s1. The first-order valence-electron chi connectivity index (χ1n) is 7.31. The average Bonchev–Trinajstić information content (AvgIpc) is 3.19. The van der Waals surface area contributed by atoms with Crippen LogP contribution in [0, 0.1) is 11.8 Å². The highest BCUT2D eigenvalue weighted by molar-refractivity contribution is 5.91. The van der Waals surface area contributed by atoms with Crippen molar-refractivity contribution in [2.75, 3.05) is 0 Å². The van der Waals surface area contributed by atoms with Crippen molar-refractivity contribution in [1.29, 1.82) is 0 Å². The van der Waals surface area contributed by atoms with Crippen LogP contribution < -0.4 is 0 Å². The van der Waals surface area contributed by atoms with Gasteiger partial charge in [0.1, 0.15) is 29.5 Å². The van der Waals surface area contributed by atoms with Crippen LogP contribution in [0.3, 0.4) is 0 Å². The lowest BCUT2D eigenvalue weighted by Crippen LogP contribution is -2.51. The molecule has 0 aromatic rings. The van der Waals surface area contributed by atoms with E-state index in [9.17, 15) is 9.90 Å². The van der Waals surface area contributed by atoms with Gasteiger partial charge in [-0.25, -0.2) is 4.79 Å². The van der Waals surface area contributed by atoms with Crippen molar-refractivity contribution >= 4 is 5.97 Å². The van der Waals surface area contributed by atoms with Crippen LogP contribution in [0.5, 0.6) is 0 Å². The van der Waals surface area contributed by atoms with Gasteiger partial charge in [-0.05, 0) is 26.7 Å². The third-order valence-corrected chi connectivity index (χ3v) is 6.37. The van der Waals surface area contributed by atoms with Gasteiger partial charge in [0.15, 0.2) is 0 Å². The van der Waals surface area contributed by atoms with Crippen molar-refractivity contribution in [1.82, 2.24) is 0 Å². The summed E-state index contributed by atoms with van der Waals surface area (Å²) in [6.45, 7) is 7.76. The fraction of sp³-hybridized carbons (Fsp3) is 0.800. The van der Waals surface area contributed by atoms with Crippen LogP contribution in [0.15, 0.2) is 12.2 Å². The third-order valence-electron chi connectivity index (χ3n) is 6.37. The van der Waals surface area contributed by atoms with Crippen molar-refractivity contribution < 1.29 is 24.1 Å². The summed E-state index contributed by atoms with van der Waals surface area (Å²) in [7, 11) is 0. The molecule has 5 heteroatoms. The maximum Gasteiger partial charge on any atom is 0.334 e. The topological polar surface area (TPSA) is 71.6 Å². The molecule has 2 aliphatic carbocycles. The van der Waals surface area contributed by atoms with E-state index in [0.717, 1.165) is 12.8 Å². The normalized spacial score (nSPS) is 65.7. The molecule has 5 nitrogen and oxygen atoms in total. The Morgan fingerprint density at radius 3 is 2.85 bits per heavy atom. The highest BCUT2D eigenvalue weighted by Crippen LogP contribution is 2.74. The molecule has 0 unspecified atom stereocenters. The maximum absolute atomic E-state index is 11.9. The summed E-state index contributed by atoms with van der Waals surface area (Å²) in [4.78, 5) is 11.9. The van der Waals surface area contributed by atoms with E-state index in [1.165, 1.54) is 0 Å². The Bertz CT molecular complexity index is 569. The van der Waals surface area contributed by atoms with Gasteiger partial charge in [0, 0.05) is 11.5 Å². The number of aliphatic hydroxyl groups is 1. The molecule has 5 fully saturated rings. The maximum atomic E-state index is 11.9. The summed E-state index contributed by atoms with van der Waals surface area (Å²) >= 11 is 0. The van der Waals surface area contributed by atoms with Gasteiger partial charge in [-0.3, -0.25) is 0 Å². The Morgan fingerprint density at radius 2 is 2.10 bits per heavy atom. The predicted octanol–water partition coefficient (Wildman–Crippen LogP) is 0.554. The van der Waals surface area contributed by atoms with Crippen LogP contribution in [-0.2, 0) is 19.0 Å². The van der Waals surface area contributed by atoms with E-state index in [1.54, 1.807) is 6.92 Å². The Kier molecular flexibility index (Phi) is 1.67. The van der Waals surface area contributed by atoms with E-state index in [4.69, 9.17) is 14.2 Å². The molecule has 0 amide bonds. The van der Waals surface area contributed by atoms with Crippen LogP contribution in [0.2, 0.25) is 0 Å². The molecule has 3 saturated heterocycles. The van der Waals surface area contributed by atoms with Gasteiger partial charge in [0.25, 0.3) is 0 Å². The molecule has 3 aliphatic heterocycles. The summed E-state index contributed by atoms with van der Waals surface area (Å²) in [5.74, 6) is -0.544. The van der Waals surface area contributed by atoms with Gasteiger partial charge in [0.2, 0.25) is 0 Å². The second-order valence-electron chi connectivity index (χ2n) is 7.35. The highest BCUT2D eigenvalue weighted by atomic mass is 16.7. The fourth-order valence-corrected chi connectivity index (χ4v) is 5.29. The molecule has 5 rings (SSSR count). The average molecular weight is 278 g/mol. The minimum absolute atomic E-state index is 0.00146. The molecule has 1 spiro atoms. The van der Waals surface area contributed by atoms with Crippen molar-refractivity contribution in [3.05, 3.63) is 12.2 Å². The minimum atomic E-state index is -1.01. The minimum Gasteiger partial charge on any atom is -0.458 e. The molecule has 0 aromatic carbocycles. The fourth-order valence-electron chi connectivity index (χ4n) is 5.29. The Balaban J connectivity index is 1.67. The van der Waals surface area contributed by atoms with Gasteiger partial charge >= 0.3 is 5.97 Å². The first-order valence-corrected chi connectivity index (χ1v) is 7.31. The first kappa shape index (κ1) is 11.7. The second kappa shape index (κ2) is 2.85. The number of hydrogen-bond donors (Lipinski definition) is 1. The van der Waals surface area contributed by atoms with Crippen LogP contribution in [0.4, 0.5) is 0 Å². The molecule has 0 aromatic heterocycles. The summed E-state index contributed by atoms with van der Waals surface area (Å²) in [5, 5.41) is 10.9. The molecule has 8 atom stereocenters. The Hall–Kier alpha value is -0.910. The van der Waals surface area contributed by atoms with E-state index >= 15 is 0 Å². The lowest BCUT2D eigenvalue weighted by atomic mass is 9.75. The van der Waals surface area contributed by atoms with Crippen LogP contribution in [0.25, 0.3) is 0 Å². The molecule has 0 radical (unpaired) electrons. The summed E-state index contributed by atoms with van der Waals surface area (Å²) < 4.78 is 17.4. The zero-order valence-corrected chi connectivity index (χ0v) is 11.6. The van der Waals surface area contributed by atoms with Gasteiger partial charge < -0.3 is 19.3 Å². The molecule has 20 heavy (non-hydrogen) atoms. The predicted molar refractivity (Wildman–Crippen MR) is 66.7 cm³/mol. The van der Waals surface area contributed by atoms with E-state index < -0.39 is 11.2 Å². The van der Waals surface area contributed by atoms with Crippen molar-refractivity contribution in [3.8, 4) is 0 Å². The molecule has 5 aliphatic rings. The van der Waals surface area contributed by atoms with Gasteiger partial charge in [-0.1, -0.05) is 6.58 Å². The largest absolute Gasteiger partial charge is 0.458 e. The monoisotopic (exact) mass is 278 g/mol. The van der Waals surface area contributed by atoms with Crippen molar-refractivity contribution in [2.45, 2.75) is 61.8 Å². The molecular weight excluding hydrogens is 260 g/mol. The number of rotatable bonds is 0. The molecular formula is C15H18O5. The van der Waals surface area contributed by atoms with Gasteiger partial charge in [-0.15, -0.1) is 0 Å². The number of ether oxygens (including phenoxy) is 3. The number of carbonyl (C=O) groups excluding carboxylic acids is 1. The number of hydrogen-bond acceptors (Lipinski definition) is 5. The number of carbonyl (C=O) groups is 1. The number of esters is 1.